The lowest BCUT2D eigenvalue weighted by molar-refractivity contribution is -0.113. The minimum Gasteiger partial charge on any atom is -0.365 e. The fourth-order valence-corrected chi connectivity index (χ4v) is 2.48. The third-order valence-electron chi connectivity index (χ3n) is 1.73. The number of rotatable bonds is 3. The quantitative estimate of drug-likeness (QED) is 0.811. The van der Waals surface area contributed by atoms with Crippen LogP contribution in [0.5, 0.6) is 0 Å². The van der Waals surface area contributed by atoms with Crippen molar-refractivity contribution in [3.63, 3.8) is 0 Å². The SMILES string of the molecule is C=C(C(N)=O)S(=O)(=O)c1ccccc1Cl. The van der Waals surface area contributed by atoms with Crippen LogP contribution in [0.2, 0.25) is 5.02 Å². The van der Waals surface area contributed by atoms with Crippen molar-refractivity contribution in [2.45, 2.75) is 4.90 Å². The van der Waals surface area contributed by atoms with Crippen molar-refractivity contribution in [3.05, 3.63) is 40.8 Å². The molecule has 6 heteroatoms. The van der Waals surface area contributed by atoms with Crippen LogP contribution in [0.4, 0.5) is 0 Å². The highest BCUT2D eigenvalue weighted by atomic mass is 35.5. The van der Waals surface area contributed by atoms with Gasteiger partial charge >= 0.3 is 0 Å². The Morgan fingerprint density at radius 2 is 1.87 bits per heavy atom. The molecule has 0 unspecified atom stereocenters. The maximum Gasteiger partial charge on any atom is 0.260 e. The normalized spacial score (nSPS) is 11.0. The number of hydrogen-bond acceptors (Lipinski definition) is 3. The zero-order chi connectivity index (χ0) is 11.6. The van der Waals surface area contributed by atoms with Gasteiger partial charge in [-0.2, -0.15) is 0 Å². The van der Waals surface area contributed by atoms with Crippen LogP contribution in [-0.4, -0.2) is 14.3 Å². The van der Waals surface area contributed by atoms with Crippen molar-refractivity contribution in [1.82, 2.24) is 0 Å². The molecule has 0 spiro atoms. The Hall–Kier alpha value is -1.33. The van der Waals surface area contributed by atoms with Gasteiger partial charge in [-0.05, 0) is 12.1 Å². The molecular formula is C9H8ClNO3S. The van der Waals surface area contributed by atoms with Crippen molar-refractivity contribution < 1.29 is 13.2 Å². The predicted molar refractivity (Wildman–Crippen MR) is 57.0 cm³/mol. The smallest absolute Gasteiger partial charge is 0.260 e. The molecule has 2 N–H and O–H groups in total. The van der Waals surface area contributed by atoms with E-state index in [1.54, 1.807) is 6.07 Å². The number of carbonyl (C=O) groups excluding carboxylic acids is 1. The molecule has 0 bridgehead atoms. The van der Waals surface area contributed by atoms with Gasteiger partial charge in [0.1, 0.15) is 4.91 Å². The highest BCUT2D eigenvalue weighted by Gasteiger charge is 2.24. The molecular weight excluding hydrogens is 238 g/mol. The monoisotopic (exact) mass is 245 g/mol. The van der Waals surface area contributed by atoms with E-state index in [2.05, 4.69) is 6.58 Å². The first kappa shape index (κ1) is 11.7. The third-order valence-corrected chi connectivity index (χ3v) is 3.95. The van der Waals surface area contributed by atoms with Crippen molar-refractivity contribution in [1.29, 1.82) is 0 Å². The van der Waals surface area contributed by atoms with Crippen LogP contribution in [0, 0.1) is 0 Å². The highest BCUT2D eigenvalue weighted by Crippen LogP contribution is 2.25. The molecule has 4 nitrogen and oxygen atoms in total. The molecule has 80 valence electrons. The molecule has 0 aliphatic rings. The molecule has 1 aromatic rings. The van der Waals surface area contributed by atoms with E-state index in [4.69, 9.17) is 17.3 Å². The summed E-state index contributed by atoms with van der Waals surface area (Å²) in [6, 6.07) is 5.76. The number of sulfone groups is 1. The Morgan fingerprint density at radius 1 is 1.33 bits per heavy atom. The summed E-state index contributed by atoms with van der Waals surface area (Å²) in [6.45, 7) is 3.12. The minimum atomic E-state index is -3.97. The molecule has 0 saturated carbocycles. The van der Waals surface area contributed by atoms with Crippen LogP contribution in [0.3, 0.4) is 0 Å². The fourth-order valence-electron chi connectivity index (χ4n) is 0.928. The summed E-state index contributed by atoms with van der Waals surface area (Å²) in [5.74, 6) is -1.09. The topological polar surface area (TPSA) is 77.2 Å². The van der Waals surface area contributed by atoms with E-state index >= 15 is 0 Å². The zero-order valence-corrected chi connectivity index (χ0v) is 9.18. The van der Waals surface area contributed by atoms with E-state index in [1.807, 2.05) is 0 Å². The lowest BCUT2D eigenvalue weighted by atomic mass is 10.4. The second-order valence-corrected chi connectivity index (χ2v) is 5.07. The second kappa shape index (κ2) is 4.04. The minimum absolute atomic E-state index is 0.0277. The summed E-state index contributed by atoms with van der Waals surface area (Å²) in [5, 5.41) is 0.0277. The first-order valence-electron chi connectivity index (χ1n) is 3.85. The molecule has 0 saturated heterocycles. The van der Waals surface area contributed by atoms with Gasteiger partial charge in [0.25, 0.3) is 5.91 Å². The molecule has 0 aromatic heterocycles. The summed E-state index contributed by atoms with van der Waals surface area (Å²) in [6.07, 6.45) is 0. The summed E-state index contributed by atoms with van der Waals surface area (Å²) in [7, 11) is -3.97. The molecule has 1 rings (SSSR count). The lowest BCUT2D eigenvalue weighted by Crippen LogP contribution is -2.20. The molecule has 0 atom stereocenters. The van der Waals surface area contributed by atoms with E-state index in [9.17, 15) is 13.2 Å². The zero-order valence-electron chi connectivity index (χ0n) is 7.60. The van der Waals surface area contributed by atoms with Crippen LogP contribution in [-0.2, 0) is 14.6 Å². The molecule has 0 fully saturated rings. The van der Waals surface area contributed by atoms with Gasteiger partial charge in [-0.15, -0.1) is 0 Å². The van der Waals surface area contributed by atoms with Gasteiger partial charge in [0, 0.05) is 0 Å². The number of primary amides is 1. The first-order valence-corrected chi connectivity index (χ1v) is 5.72. The third kappa shape index (κ3) is 2.19. The molecule has 0 aliphatic carbocycles. The van der Waals surface area contributed by atoms with Gasteiger partial charge < -0.3 is 5.73 Å². The number of nitrogens with two attached hydrogens (primary N) is 1. The van der Waals surface area contributed by atoms with Gasteiger partial charge in [0.2, 0.25) is 9.84 Å². The van der Waals surface area contributed by atoms with E-state index in [0.29, 0.717) is 0 Å². The number of hydrogen-bond donors (Lipinski definition) is 1. The Bertz CT molecular complexity index is 522. The maximum atomic E-state index is 11.7. The van der Waals surface area contributed by atoms with Crippen LogP contribution in [0.25, 0.3) is 0 Å². The summed E-state index contributed by atoms with van der Waals surface area (Å²) >= 11 is 5.69. The number of amides is 1. The van der Waals surface area contributed by atoms with Crippen LogP contribution < -0.4 is 5.73 Å². The largest absolute Gasteiger partial charge is 0.365 e. The van der Waals surface area contributed by atoms with Crippen molar-refractivity contribution in [2.24, 2.45) is 5.73 Å². The Kier molecular flexibility index (Phi) is 3.16. The molecule has 1 aromatic carbocycles. The van der Waals surface area contributed by atoms with E-state index < -0.39 is 20.6 Å². The number of carbonyl (C=O) groups is 1. The standard InChI is InChI=1S/C9H8ClNO3S/c1-6(9(11)12)15(13,14)8-5-3-2-4-7(8)10/h2-5H,1H2,(H2,11,12). The summed E-state index contributed by atoms with van der Waals surface area (Å²) < 4.78 is 23.4. The van der Waals surface area contributed by atoms with Gasteiger partial charge in [-0.25, -0.2) is 8.42 Å². The van der Waals surface area contributed by atoms with Crippen LogP contribution >= 0.6 is 11.6 Å². The first-order chi connectivity index (χ1) is 6.87. The van der Waals surface area contributed by atoms with Crippen molar-refractivity contribution in [3.8, 4) is 0 Å². The Balaban J connectivity index is 3.37. The highest BCUT2D eigenvalue weighted by molar-refractivity contribution is 7.96. The summed E-state index contributed by atoms with van der Waals surface area (Å²) in [5.41, 5.74) is 4.85. The fraction of sp³-hybridized carbons (Fsp3) is 0. The molecule has 1 amide bonds. The van der Waals surface area contributed by atoms with Gasteiger partial charge in [0.05, 0.1) is 9.92 Å². The number of benzene rings is 1. The lowest BCUT2D eigenvalue weighted by Gasteiger charge is -2.05. The van der Waals surface area contributed by atoms with Crippen molar-refractivity contribution in [2.75, 3.05) is 0 Å². The van der Waals surface area contributed by atoms with Crippen LogP contribution in [0.1, 0.15) is 0 Å². The van der Waals surface area contributed by atoms with Gasteiger partial charge in [-0.3, -0.25) is 4.79 Å². The molecule has 15 heavy (non-hydrogen) atoms. The van der Waals surface area contributed by atoms with E-state index in [0.717, 1.165) is 0 Å². The average molecular weight is 246 g/mol. The molecule has 0 aliphatic heterocycles. The predicted octanol–water partition coefficient (Wildman–Crippen LogP) is 1.11. The van der Waals surface area contributed by atoms with Gasteiger partial charge in [0.15, 0.2) is 0 Å². The van der Waals surface area contributed by atoms with E-state index in [1.165, 1.54) is 18.2 Å². The summed E-state index contributed by atoms with van der Waals surface area (Å²) in [4.78, 5) is 9.89. The molecule has 0 heterocycles. The second-order valence-electron chi connectivity index (χ2n) is 2.72. The van der Waals surface area contributed by atoms with Crippen LogP contribution in [0.15, 0.2) is 40.6 Å². The van der Waals surface area contributed by atoms with Gasteiger partial charge in [-0.1, -0.05) is 30.3 Å². The Labute approximate surface area is 92.3 Å². The number of halogens is 1. The van der Waals surface area contributed by atoms with Crippen molar-refractivity contribution >= 4 is 27.3 Å². The maximum absolute atomic E-state index is 11.7. The van der Waals surface area contributed by atoms with E-state index in [-0.39, 0.29) is 9.92 Å². The molecule has 0 radical (unpaired) electrons. The Morgan fingerprint density at radius 3 is 2.33 bits per heavy atom. The average Bonchev–Trinajstić information content (AvgIpc) is 2.16.